The number of esters is 1. The van der Waals surface area contributed by atoms with Gasteiger partial charge in [-0.3, -0.25) is 14.4 Å². The second-order valence-corrected chi connectivity index (χ2v) is 10.7. The molecule has 0 saturated heterocycles. The van der Waals surface area contributed by atoms with Gasteiger partial charge < -0.3 is 14.9 Å². The van der Waals surface area contributed by atoms with Crippen LogP contribution >= 0.6 is 0 Å². The molecule has 0 aromatic heterocycles. The number of hydrogen-bond donors (Lipinski definition) is 2. The molecule has 3 saturated carbocycles. The van der Waals surface area contributed by atoms with Gasteiger partial charge >= 0.3 is 5.97 Å². The first-order chi connectivity index (χ1) is 13.9. The van der Waals surface area contributed by atoms with E-state index < -0.39 is 35.5 Å². The predicted octanol–water partition coefficient (Wildman–Crippen LogP) is 2.60. The minimum absolute atomic E-state index is 0.0250. The van der Waals surface area contributed by atoms with E-state index in [0.717, 1.165) is 12.8 Å². The van der Waals surface area contributed by atoms with Crippen molar-refractivity contribution in [1.29, 1.82) is 0 Å². The highest BCUT2D eigenvalue weighted by molar-refractivity contribution is 5.92. The van der Waals surface area contributed by atoms with Crippen LogP contribution in [0.4, 0.5) is 0 Å². The lowest BCUT2D eigenvalue weighted by Gasteiger charge is -2.61. The number of aliphatic hydroxyl groups is 2. The number of ether oxygens (including phenoxy) is 1. The maximum Gasteiger partial charge on any atom is 0.303 e. The van der Waals surface area contributed by atoms with E-state index in [9.17, 15) is 24.6 Å². The maximum atomic E-state index is 12.9. The van der Waals surface area contributed by atoms with Crippen LogP contribution in [0.3, 0.4) is 0 Å². The summed E-state index contributed by atoms with van der Waals surface area (Å²) in [5.41, 5.74) is -1.41. The standard InChI is InChI=1S/C24H34O6/c1-13-9-16-17-6-8-24(29,20(28)12-30-14(2)25)23(17,4)11-19(27)21(16)22(3)7-5-15(26)10-18(13)22/h10,13,16-17,19,21,27,29H,5-9,11-12H2,1-4H3/t13-,16+,17+,19+,21-,22+,23+,24-/m1/s1. The van der Waals surface area contributed by atoms with E-state index in [2.05, 4.69) is 13.8 Å². The normalized spacial score (nSPS) is 47.6. The van der Waals surface area contributed by atoms with E-state index in [1.807, 2.05) is 13.0 Å². The van der Waals surface area contributed by atoms with Crippen molar-refractivity contribution in [3.05, 3.63) is 11.6 Å². The van der Waals surface area contributed by atoms with Crippen LogP contribution in [-0.4, -0.2) is 46.1 Å². The van der Waals surface area contributed by atoms with Crippen LogP contribution in [-0.2, 0) is 19.1 Å². The van der Waals surface area contributed by atoms with E-state index in [-0.39, 0.29) is 34.9 Å². The molecule has 3 fully saturated rings. The summed E-state index contributed by atoms with van der Waals surface area (Å²) >= 11 is 0. The SMILES string of the molecule is CC(=O)OCC(=O)[C@]1(O)CC[C@H]2[C@@H]3C[C@@H](C)C4=CC(=O)CC[C@]4(C)[C@H]3[C@@H](O)C[C@@]21C. The van der Waals surface area contributed by atoms with Crippen LogP contribution < -0.4 is 0 Å². The van der Waals surface area contributed by atoms with Gasteiger partial charge in [0.05, 0.1) is 6.10 Å². The summed E-state index contributed by atoms with van der Waals surface area (Å²) in [4.78, 5) is 36.2. The molecule has 0 aromatic carbocycles. The summed E-state index contributed by atoms with van der Waals surface area (Å²) in [6.07, 6.45) is 4.66. The third kappa shape index (κ3) is 2.86. The summed E-state index contributed by atoms with van der Waals surface area (Å²) < 4.78 is 4.90. The minimum Gasteiger partial charge on any atom is -0.458 e. The van der Waals surface area contributed by atoms with Gasteiger partial charge in [0.15, 0.2) is 12.4 Å². The first-order valence-corrected chi connectivity index (χ1v) is 11.3. The molecule has 2 N–H and O–H groups in total. The number of rotatable bonds is 3. The Morgan fingerprint density at radius 2 is 1.97 bits per heavy atom. The number of carbonyl (C=O) groups is 3. The molecule has 0 heterocycles. The van der Waals surface area contributed by atoms with Gasteiger partial charge in [-0.25, -0.2) is 0 Å². The van der Waals surface area contributed by atoms with Crippen molar-refractivity contribution >= 4 is 17.5 Å². The number of carbonyl (C=O) groups excluding carboxylic acids is 3. The molecule has 30 heavy (non-hydrogen) atoms. The van der Waals surface area contributed by atoms with Gasteiger partial charge in [0.25, 0.3) is 0 Å². The summed E-state index contributed by atoms with van der Waals surface area (Å²) in [5, 5.41) is 22.9. The first kappa shape index (κ1) is 21.7. The van der Waals surface area contributed by atoms with E-state index in [1.165, 1.54) is 12.5 Å². The summed E-state index contributed by atoms with van der Waals surface area (Å²) in [6.45, 7) is 7.09. The third-order valence-electron chi connectivity index (χ3n) is 9.23. The molecule has 0 spiro atoms. The maximum absolute atomic E-state index is 12.9. The highest BCUT2D eigenvalue weighted by Gasteiger charge is 2.68. The average molecular weight is 419 g/mol. The quantitative estimate of drug-likeness (QED) is 0.683. The Morgan fingerprint density at radius 1 is 1.27 bits per heavy atom. The van der Waals surface area contributed by atoms with Crippen LogP contribution in [0.5, 0.6) is 0 Å². The molecule has 8 atom stereocenters. The van der Waals surface area contributed by atoms with E-state index in [0.29, 0.717) is 25.7 Å². The van der Waals surface area contributed by atoms with Gasteiger partial charge in [-0.2, -0.15) is 0 Å². The monoisotopic (exact) mass is 418 g/mol. The van der Waals surface area contributed by atoms with E-state index >= 15 is 0 Å². The molecule has 4 aliphatic rings. The molecule has 4 aliphatic carbocycles. The lowest BCUT2D eigenvalue weighted by atomic mass is 9.44. The Balaban J connectivity index is 1.69. The van der Waals surface area contributed by atoms with Gasteiger partial charge in [-0.1, -0.05) is 26.3 Å². The molecule has 166 valence electrons. The molecule has 0 radical (unpaired) electrons. The van der Waals surface area contributed by atoms with Crippen molar-refractivity contribution < 1.29 is 29.3 Å². The van der Waals surface area contributed by atoms with Crippen molar-refractivity contribution in [2.75, 3.05) is 6.61 Å². The second-order valence-electron chi connectivity index (χ2n) is 10.7. The summed E-state index contributed by atoms with van der Waals surface area (Å²) in [7, 11) is 0. The molecule has 0 aromatic rings. The van der Waals surface area contributed by atoms with Crippen molar-refractivity contribution in [2.45, 2.75) is 77.9 Å². The van der Waals surface area contributed by atoms with Crippen LogP contribution in [0.2, 0.25) is 0 Å². The van der Waals surface area contributed by atoms with Gasteiger partial charge in [-0.15, -0.1) is 0 Å². The number of fused-ring (bicyclic) bond motifs is 5. The third-order valence-corrected chi connectivity index (χ3v) is 9.23. The van der Waals surface area contributed by atoms with Crippen LogP contribution in [0.15, 0.2) is 11.6 Å². The van der Waals surface area contributed by atoms with Crippen LogP contribution in [0.25, 0.3) is 0 Å². The van der Waals surface area contributed by atoms with Crippen molar-refractivity contribution in [3.8, 4) is 0 Å². The zero-order valence-electron chi connectivity index (χ0n) is 18.4. The molecule has 0 amide bonds. The van der Waals surface area contributed by atoms with Gasteiger partial charge in [0.1, 0.15) is 5.60 Å². The Hall–Kier alpha value is -1.53. The molecule has 6 heteroatoms. The molecular weight excluding hydrogens is 384 g/mol. The smallest absolute Gasteiger partial charge is 0.303 e. The largest absolute Gasteiger partial charge is 0.458 e. The zero-order chi connectivity index (χ0) is 22.1. The number of ketones is 2. The molecular formula is C24H34O6. The van der Waals surface area contributed by atoms with Gasteiger partial charge in [0, 0.05) is 18.8 Å². The fourth-order valence-electron chi connectivity index (χ4n) is 7.87. The Morgan fingerprint density at radius 3 is 2.63 bits per heavy atom. The number of Topliss-reactive ketones (excluding diaryl/α,β-unsaturated/α-hetero) is 1. The van der Waals surface area contributed by atoms with Crippen LogP contribution in [0, 0.1) is 34.5 Å². The fraction of sp³-hybridized carbons (Fsp3) is 0.792. The van der Waals surface area contributed by atoms with Crippen molar-refractivity contribution in [3.63, 3.8) is 0 Å². The molecule has 0 bridgehead atoms. The van der Waals surface area contributed by atoms with Crippen molar-refractivity contribution in [1.82, 2.24) is 0 Å². The number of hydrogen-bond acceptors (Lipinski definition) is 6. The van der Waals surface area contributed by atoms with Gasteiger partial charge in [0.2, 0.25) is 5.78 Å². The van der Waals surface area contributed by atoms with Crippen molar-refractivity contribution in [2.24, 2.45) is 34.5 Å². The first-order valence-electron chi connectivity index (χ1n) is 11.3. The molecule has 0 aliphatic heterocycles. The van der Waals surface area contributed by atoms with E-state index in [1.54, 1.807) is 0 Å². The highest BCUT2D eigenvalue weighted by Crippen LogP contribution is 2.68. The Labute approximate surface area is 178 Å². The second kappa shape index (κ2) is 6.99. The zero-order valence-corrected chi connectivity index (χ0v) is 18.4. The average Bonchev–Trinajstić information content (AvgIpc) is 2.93. The summed E-state index contributed by atoms with van der Waals surface area (Å²) in [6, 6.07) is 0. The lowest BCUT2D eigenvalue weighted by molar-refractivity contribution is -0.186. The van der Waals surface area contributed by atoms with E-state index in [4.69, 9.17) is 4.74 Å². The number of allylic oxidation sites excluding steroid dienone is 1. The number of aliphatic hydroxyl groups excluding tert-OH is 1. The fourth-order valence-corrected chi connectivity index (χ4v) is 7.87. The Kier molecular flexibility index (Phi) is 5.06. The minimum atomic E-state index is -1.60. The van der Waals surface area contributed by atoms with Gasteiger partial charge in [-0.05, 0) is 67.3 Å². The molecule has 0 unspecified atom stereocenters. The topological polar surface area (TPSA) is 101 Å². The molecule has 4 rings (SSSR count). The Bertz CT molecular complexity index is 817. The summed E-state index contributed by atoms with van der Waals surface area (Å²) in [5.74, 6) is -0.287. The highest BCUT2D eigenvalue weighted by atomic mass is 16.5. The van der Waals surface area contributed by atoms with Crippen LogP contribution in [0.1, 0.15) is 66.2 Å². The lowest BCUT2D eigenvalue weighted by Crippen LogP contribution is -2.62. The molecule has 6 nitrogen and oxygen atoms in total. The predicted molar refractivity (Wildman–Crippen MR) is 109 cm³/mol.